The molecule has 0 heterocycles. The smallest absolute Gasteiger partial charge is 0.124 e. The fourth-order valence-corrected chi connectivity index (χ4v) is 2.00. The summed E-state index contributed by atoms with van der Waals surface area (Å²) in [5.41, 5.74) is 0.985. The van der Waals surface area contributed by atoms with Crippen molar-refractivity contribution in [3.05, 3.63) is 28.8 Å². The van der Waals surface area contributed by atoms with Gasteiger partial charge in [-0.15, -0.1) is 0 Å². The van der Waals surface area contributed by atoms with Gasteiger partial charge >= 0.3 is 0 Å². The molecule has 2 N–H and O–H groups in total. The third-order valence-electron chi connectivity index (χ3n) is 2.76. The van der Waals surface area contributed by atoms with Crippen molar-refractivity contribution in [3.63, 3.8) is 0 Å². The highest BCUT2D eigenvalue weighted by atomic mass is 35.5. The normalized spacial score (nSPS) is 14.2. The Balaban J connectivity index is 2.69. The molecule has 1 aromatic rings. The average molecular weight is 288 g/mol. The highest BCUT2D eigenvalue weighted by molar-refractivity contribution is 6.30. The Hall–Kier alpha value is -0.810. The zero-order chi connectivity index (χ0) is 14.3. The van der Waals surface area contributed by atoms with Crippen molar-refractivity contribution >= 4 is 11.6 Å². The van der Waals surface area contributed by atoms with Crippen LogP contribution in [-0.2, 0) is 4.74 Å². The topological polar surface area (TPSA) is 50.7 Å². The van der Waals surface area contributed by atoms with Crippen LogP contribution in [0.4, 0.5) is 0 Å². The van der Waals surface area contributed by atoms with Gasteiger partial charge in [0, 0.05) is 30.3 Å². The predicted octanol–water partition coefficient (Wildman–Crippen LogP) is 2.40. The van der Waals surface area contributed by atoms with Crippen LogP contribution < -0.4 is 10.1 Å². The van der Waals surface area contributed by atoms with Crippen LogP contribution in [0.15, 0.2) is 18.2 Å². The van der Waals surface area contributed by atoms with Crippen LogP contribution >= 0.6 is 11.6 Å². The predicted molar refractivity (Wildman–Crippen MR) is 76.9 cm³/mol. The van der Waals surface area contributed by atoms with Crippen LogP contribution in [0.2, 0.25) is 5.02 Å². The number of aliphatic hydroxyl groups excluding tert-OH is 1. The van der Waals surface area contributed by atoms with Gasteiger partial charge in [0.25, 0.3) is 0 Å². The van der Waals surface area contributed by atoms with E-state index in [9.17, 15) is 5.11 Å². The number of ether oxygens (including phenoxy) is 2. The van der Waals surface area contributed by atoms with E-state index < -0.39 is 6.10 Å². The molecule has 0 spiro atoms. The number of hydrogen-bond donors (Lipinski definition) is 2. The first-order chi connectivity index (χ1) is 9.08. The van der Waals surface area contributed by atoms with Gasteiger partial charge in [-0.2, -0.15) is 0 Å². The lowest BCUT2D eigenvalue weighted by Gasteiger charge is -2.20. The maximum atomic E-state index is 9.63. The lowest BCUT2D eigenvalue weighted by atomic mass is 10.1. The first kappa shape index (κ1) is 16.2. The Labute approximate surface area is 119 Å². The quantitative estimate of drug-likeness (QED) is 0.771. The second-order valence-electron chi connectivity index (χ2n) is 4.35. The Bertz CT molecular complexity index is 387. The maximum Gasteiger partial charge on any atom is 0.124 e. The number of benzene rings is 1. The van der Waals surface area contributed by atoms with Crippen molar-refractivity contribution in [1.29, 1.82) is 0 Å². The zero-order valence-electron chi connectivity index (χ0n) is 11.6. The van der Waals surface area contributed by atoms with E-state index in [1.807, 2.05) is 32.0 Å². The second-order valence-corrected chi connectivity index (χ2v) is 4.79. The highest BCUT2D eigenvalue weighted by Crippen LogP contribution is 2.28. The summed E-state index contributed by atoms with van der Waals surface area (Å²) in [6.07, 6.45) is -0.526. The summed E-state index contributed by atoms with van der Waals surface area (Å²) < 4.78 is 10.5. The van der Waals surface area contributed by atoms with E-state index in [1.54, 1.807) is 7.11 Å². The summed E-state index contributed by atoms with van der Waals surface area (Å²) in [7, 11) is 1.57. The van der Waals surface area contributed by atoms with Crippen LogP contribution in [0, 0.1) is 0 Å². The van der Waals surface area contributed by atoms with Crippen molar-refractivity contribution in [1.82, 2.24) is 5.32 Å². The molecule has 2 unspecified atom stereocenters. The number of aliphatic hydroxyl groups is 1. The fraction of sp³-hybridized carbons (Fsp3) is 0.571. The summed E-state index contributed by atoms with van der Waals surface area (Å²) in [6.45, 7) is 5.32. The molecule has 0 aliphatic rings. The molecule has 1 aromatic carbocycles. The van der Waals surface area contributed by atoms with Crippen molar-refractivity contribution in [3.8, 4) is 5.75 Å². The average Bonchev–Trinajstić information content (AvgIpc) is 2.38. The third kappa shape index (κ3) is 5.37. The Morgan fingerprint density at radius 1 is 1.42 bits per heavy atom. The van der Waals surface area contributed by atoms with Crippen LogP contribution in [0.1, 0.15) is 25.5 Å². The van der Waals surface area contributed by atoms with Crippen molar-refractivity contribution in [2.45, 2.75) is 26.0 Å². The first-order valence-electron chi connectivity index (χ1n) is 6.41. The highest BCUT2D eigenvalue weighted by Gasteiger charge is 2.13. The molecule has 0 aromatic heterocycles. The lowest BCUT2D eigenvalue weighted by molar-refractivity contribution is 0.0630. The van der Waals surface area contributed by atoms with Gasteiger partial charge in [0.1, 0.15) is 5.75 Å². The molecule has 0 aliphatic carbocycles. The van der Waals surface area contributed by atoms with E-state index in [0.717, 1.165) is 11.3 Å². The van der Waals surface area contributed by atoms with Crippen LogP contribution in [0.5, 0.6) is 5.75 Å². The van der Waals surface area contributed by atoms with Crippen molar-refractivity contribution in [2.75, 3.05) is 26.9 Å². The molecule has 0 fully saturated rings. The number of hydrogen-bond acceptors (Lipinski definition) is 4. The minimum Gasteiger partial charge on any atom is -0.494 e. The van der Waals surface area contributed by atoms with E-state index in [4.69, 9.17) is 21.1 Å². The number of nitrogens with one attached hydrogen (secondary N) is 1. The van der Waals surface area contributed by atoms with Gasteiger partial charge in [-0.3, -0.25) is 0 Å². The maximum absolute atomic E-state index is 9.63. The number of methoxy groups -OCH3 is 1. The van der Waals surface area contributed by atoms with Gasteiger partial charge in [-0.1, -0.05) is 11.6 Å². The third-order valence-corrected chi connectivity index (χ3v) is 2.99. The molecule has 0 aliphatic heterocycles. The first-order valence-corrected chi connectivity index (χ1v) is 6.78. The molecule has 5 heteroatoms. The molecule has 1 rings (SSSR count). The van der Waals surface area contributed by atoms with Gasteiger partial charge < -0.3 is 19.9 Å². The van der Waals surface area contributed by atoms with Crippen LogP contribution in [-0.4, -0.2) is 38.1 Å². The van der Waals surface area contributed by atoms with Crippen LogP contribution in [0.25, 0.3) is 0 Å². The molecule has 0 radical (unpaired) electrons. The van der Waals surface area contributed by atoms with Gasteiger partial charge in [-0.25, -0.2) is 0 Å². The van der Waals surface area contributed by atoms with E-state index in [1.165, 1.54) is 0 Å². The van der Waals surface area contributed by atoms with Crippen molar-refractivity contribution in [2.24, 2.45) is 0 Å². The summed E-state index contributed by atoms with van der Waals surface area (Å²) in [5, 5.41) is 13.5. The minimum atomic E-state index is -0.526. The van der Waals surface area contributed by atoms with Gasteiger partial charge in [0.2, 0.25) is 0 Å². The fourth-order valence-electron chi connectivity index (χ4n) is 1.82. The molecule has 0 saturated heterocycles. The van der Waals surface area contributed by atoms with Gasteiger partial charge in [0.05, 0.1) is 19.3 Å². The number of halogens is 1. The van der Waals surface area contributed by atoms with Gasteiger partial charge in [-0.05, 0) is 32.0 Å². The lowest BCUT2D eigenvalue weighted by Crippen LogP contribution is -2.32. The number of rotatable bonds is 8. The molecule has 0 amide bonds. The molecule has 19 heavy (non-hydrogen) atoms. The Morgan fingerprint density at radius 3 is 2.79 bits per heavy atom. The molecular weight excluding hydrogens is 266 g/mol. The molecule has 4 nitrogen and oxygen atoms in total. The summed E-state index contributed by atoms with van der Waals surface area (Å²) >= 11 is 6.02. The second kappa shape index (κ2) is 8.38. The Kier molecular flexibility index (Phi) is 7.16. The SMILES string of the molecule is CCOc1ccc(Cl)cc1C(C)NCC(O)COC. The van der Waals surface area contributed by atoms with E-state index >= 15 is 0 Å². The summed E-state index contributed by atoms with van der Waals surface area (Å²) in [4.78, 5) is 0. The monoisotopic (exact) mass is 287 g/mol. The molecule has 2 atom stereocenters. The van der Waals surface area contributed by atoms with Crippen LogP contribution in [0.3, 0.4) is 0 Å². The van der Waals surface area contributed by atoms with E-state index in [-0.39, 0.29) is 6.04 Å². The summed E-state index contributed by atoms with van der Waals surface area (Å²) in [6, 6.07) is 5.59. The van der Waals surface area contributed by atoms with E-state index in [0.29, 0.717) is 24.8 Å². The molecule has 0 bridgehead atoms. The molecule has 108 valence electrons. The molecular formula is C14H22ClNO3. The van der Waals surface area contributed by atoms with Gasteiger partial charge in [0.15, 0.2) is 0 Å². The minimum absolute atomic E-state index is 0.0340. The Morgan fingerprint density at radius 2 is 2.16 bits per heavy atom. The molecule has 0 saturated carbocycles. The summed E-state index contributed by atoms with van der Waals surface area (Å²) in [5.74, 6) is 0.813. The standard InChI is InChI=1S/C14H22ClNO3/c1-4-19-14-6-5-11(15)7-13(14)10(2)16-8-12(17)9-18-3/h5-7,10,12,16-17H,4,8-9H2,1-3H3. The van der Waals surface area contributed by atoms with Crippen molar-refractivity contribution < 1.29 is 14.6 Å². The zero-order valence-corrected chi connectivity index (χ0v) is 12.4. The van der Waals surface area contributed by atoms with E-state index in [2.05, 4.69) is 5.32 Å². The largest absolute Gasteiger partial charge is 0.494 e.